The zero-order chi connectivity index (χ0) is 18.7. The first kappa shape index (κ1) is 18.3. The van der Waals surface area contributed by atoms with Gasteiger partial charge >= 0.3 is 11.2 Å². The lowest BCUT2D eigenvalue weighted by Crippen LogP contribution is -2.42. The summed E-state index contributed by atoms with van der Waals surface area (Å²) in [5.74, 6) is 0.598. The summed E-state index contributed by atoms with van der Waals surface area (Å²) in [5.41, 5.74) is -0.776. The number of nitrogens with zero attached hydrogens (tertiary/aromatic N) is 4. The van der Waals surface area contributed by atoms with E-state index in [0.29, 0.717) is 18.1 Å². The molecule has 0 amide bonds. The van der Waals surface area contributed by atoms with Crippen molar-refractivity contribution in [2.75, 3.05) is 26.0 Å². The van der Waals surface area contributed by atoms with Gasteiger partial charge in [-0.1, -0.05) is 25.3 Å². The Morgan fingerprint density at radius 1 is 1.35 bits per heavy atom. The third kappa shape index (κ3) is 3.70. The highest BCUT2D eigenvalue weighted by Crippen LogP contribution is 2.29. The predicted octanol–water partition coefficient (Wildman–Crippen LogP) is 2.53. The van der Waals surface area contributed by atoms with E-state index < -0.39 is 16.2 Å². The van der Waals surface area contributed by atoms with Crippen molar-refractivity contribution in [2.45, 2.75) is 38.1 Å². The summed E-state index contributed by atoms with van der Waals surface area (Å²) in [6.07, 6.45) is 7.56. The molecule has 8 nitrogen and oxygen atoms in total. The Hall–Kier alpha value is -2.48. The largest absolute Gasteiger partial charge is 0.376 e. The molecule has 1 aliphatic carbocycles. The van der Waals surface area contributed by atoms with Gasteiger partial charge in [0.2, 0.25) is 5.82 Å². The van der Waals surface area contributed by atoms with Gasteiger partial charge in [0.1, 0.15) is 5.65 Å². The van der Waals surface area contributed by atoms with Crippen molar-refractivity contribution < 1.29 is 4.92 Å². The van der Waals surface area contributed by atoms with Crippen LogP contribution in [0.5, 0.6) is 0 Å². The third-order valence-electron chi connectivity index (χ3n) is 5.23. The van der Waals surface area contributed by atoms with Crippen LogP contribution >= 0.6 is 0 Å². The van der Waals surface area contributed by atoms with Crippen LogP contribution in [0.25, 0.3) is 5.65 Å². The second-order valence-corrected chi connectivity index (χ2v) is 7.11. The van der Waals surface area contributed by atoms with Gasteiger partial charge in [0, 0.05) is 18.8 Å². The first-order valence-electron chi connectivity index (χ1n) is 9.05. The summed E-state index contributed by atoms with van der Waals surface area (Å²) in [7, 11) is 4.05. The van der Waals surface area contributed by atoms with E-state index in [0.717, 1.165) is 0 Å². The van der Waals surface area contributed by atoms with E-state index >= 15 is 0 Å². The molecule has 0 aromatic carbocycles. The van der Waals surface area contributed by atoms with Crippen LogP contribution in [0, 0.1) is 16.0 Å². The molecule has 2 heterocycles. The summed E-state index contributed by atoms with van der Waals surface area (Å²) in [4.78, 5) is 29.8. The van der Waals surface area contributed by atoms with E-state index in [1.807, 2.05) is 14.1 Å². The average Bonchev–Trinajstić information content (AvgIpc) is 2.62. The van der Waals surface area contributed by atoms with Gasteiger partial charge in [0.15, 0.2) is 0 Å². The molecule has 8 heteroatoms. The Morgan fingerprint density at radius 2 is 2.08 bits per heavy atom. The van der Waals surface area contributed by atoms with Crippen molar-refractivity contribution in [3.63, 3.8) is 0 Å². The van der Waals surface area contributed by atoms with Crippen LogP contribution < -0.4 is 10.9 Å². The molecule has 0 bridgehead atoms. The van der Waals surface area contributed by atoms with E-state index in [4.69, 9.17) is 0 Å². The van der Waals surface area contributed by atoms with Crippen molar-refractivity contribution in [3.8, 4) is 0 Å². The fourth-order valence-electron chi connectivity index (χ4n) is 3.86. The Balaban J connectivity index is 1.90. The highest BCUT2D eigenvalue weighted by Gasteiger charge is 2.28. The second-order valence-electron chi connectivity index (χ2n) is 7.11. The number of hydrogen-bond acceptors (Lipinski definition) is 6. The Morgan fingerprint density at radius 3 is 2.73 bits per heavy atom. The van der Waals surface area contributed by atoms with Crippen LogP contribution in [0.1, 0.15) is 32.1 Å². The predicted molar refractivity (Wildman–Crippen MR) is 101 cm³/mol. The van der Waals surface area contributed by atoms with Gasteiger partial charge in [-0.05, 0) is 45.0 Å². The minimum Gasteiger partial charge on any atom is -0.363 e. The van der Waals surface area contributed by atoms with Gasteiger partial charge < -0.3 is 10.2 Å². The highest BCUT2D eigenvalue weighted by atomic mass is 16.6. The molecule has 0 aliphatic heterocycles. The van der Waals surface area contributed by atoms with Crippen molar-refractivity contribution in [1.29, 1.82) is 0 Å². The summed E-state index contributed by atoms with van der Waals surface area (Å²) in [6, 6.07) is 5.31. The maximum Gasteiger partial charge on any atom is 0.376 e. The summed E-state index contributed by atoms with van der Waals surface area (Å²) in [5, 5.41) is 14.6. The normalized spacial score (nSPS) is 16.7. The lowest BCUT2D eigenvalue weighted by atomic mass is 9.83. The molecule has 26 heavy (non-hydrogen) atoms. The molecule has 1 aliphatic rings. The zero-order valence-corrected chi connectivity index (χ0v) is 15.2. The number of fused-ring (bicyclic) bond motifs is 1. The van der Waals surface area contributed by atoms with Crippen LogP contribution in [0.4, 0.5) is 11.5 Å². The molecule has 1 saturated carbocycles. The lowest BCUT2D eigenvalue weighted by Gasteiger charge is -2.35. The Labute approximate surface area is 152 Å². The van der Waals surface area contributed by atoms with Gasteiger partial charge in [0.05, 0.1) is 4.92 Å². The van der Waals surface area contributed by atoms with Crippen LogP contribution in [-0.2, 0) is 0 Å². The summed E-state index contributed by atoms with van der Waals surface area (Å²) >= 11 is 0. The number of hydrogen-bond donors (Lipinski definition) is 1. The van der Waals surface area contributed by atoms with E-state index in [-0.39, 0.29) is 11.9 Å². The molecule has 1 N–H and O–H groups in total. The van der Waals surface area contributed by atoms with E-state index in [1.165, 1.54) is 42.7 Å². The molecule has 3 rings (SSSR count). The monoisotopic (exact) mass is 359 g/mol. The van der Waals surface area contributed by atoms with Crippen molar-refractivity contribution in [1.82, 2.24) is 14.3 Å². The minimum absolute atomic E-state index is 0.0499. The third-order valence-corrected chi connectivity index (χ3v) is 5.23. The maximum absolute atomic E-state index is 12.5. The number of aromatic nitrogens is 2. The maximum atomic E-state index is 12.5. The average molecular weight is 359 g/mol. The molecule has 0 saturated heterocycles. The number of rotatable bonds is 6. The van der Waals surface area contributed by atoms with Gasteiger partial charge in [-0.15, -0.1) is 0 Å². The molecule has 1 atom stereocenters. The number of likely N-dealkylation sites (N-methyl/N-ethyl adjacent to an activating group) is 1. The number of nitro groups is 1. The highest BCUT2D eigenvalue weighted by molar-refractivity contribution is 5.59. The molecule has 0 unspecified atom stereocenters. The van der Waals surface area contributed by atoms with Crippen LogP contribution in [0.3, 0.4) is 0 Å². The lowest BCUT2D eigenvalue weighted by molar-refractivity contribution is -0.385. The number of anilines is 1. The van der Waals surface area contributed by atoms with Gasteiger partial charge in [0.25, 0.3) is 0 Å². The molecule has 1 fully saturated rings. The van der Waals surface area contributed by atoms with Gasteiger partial charge in [-0.25, -0.2) is 4.98 Å². The first-order valence-corrected chi connectivity index (χ1v) is 9.05. The number of nitrogens with one attached hydrogen (secondary N) is 1. The minimum atomic E-state index is -0.665. The van der Waals surface area contributed by atoms with Crippen LogP contribution in [-0.4, -0.2) is 45.9 Å². The molecule has 0 radical (unpaired) electrons. The summed E-state index contributed by atoms with van der Waals surface area (Å²) in [6.45, 7) is 0.522. The van der Waals surface area contributed by atoms with E-state index in [9.17, 15) is 14.9 Å². The van der Waals surface area contributed by atoms with Gasteiger partial charge in [-0.2, -0.15) is 0 Å². The molecular formula is C18H25N5O3. The van der Waals surface area contributed by atoms with Crippen molar-refractivity contribution in [3.05, 3.63) is 44.9 Å². The zero-order valence-electron chi connectivity index (χ0n) is 15.2. The van der Waals surface area contributed by atoms with Crippen LogP contribution in [0.15, 0.2) is 29.2 Å². The Bertz CT molecular complexity index is 842. The first-order chi connectivity index (χ1) is 12.5. The van der Waals surface area contributed by atoms with Crippen molar-refractivity contribution >= 4 is 17.2 Å². The quantitative estimate of drug-likeness (QED) is 0.629. The fourth-order valence-corrected chi connectivity index (χ4v) is 3.86. The standard InChI is InChI=1S/C18H25N5O3/c1-21(2)14(13-8-4-3-5-9-13)12-19-17-16(23(25)26)18(24)22-11-7-6-10-15(22)20-17/h6-7,10-11,13-14,19H,3-5,8-9,12H2,1-2H3/t14-/m1/s1. The van der Waals surface area contributed by atoms with Crippen molar-refractivity contribution in [2.24, 2.45) is 5.92 Å². The SMILES string of the molecule is CN(C)[C@H](CNc1nc2ccccn2c(=O)c1[N+](=O)[O-])C1CCCCC1. The number of pyridine rings is 1. The Kier molecular flexibility index (Phi) is 5.51. The molecule has 140 valence electrons. The fraction of sp³-hybridized carbons (Fsp3) is 0.556. The summed E-state index contributed by atoms with van der Waals surface area (Å²) < 4.78 is 1.20. The van der Waals surface area contributed by atoms with E-state index in [1.54, 1.807) is 18.2 Å². The molecular weight excluding hydrogens is 334 g/mol. The molecule has 2 aromatic heterocycles. The second kappa shape index (κ2) is 7.82. The smallest absolute Gasteiger partial charge is 0.363 e. The van der Waals surface area contributed by atoms with Gasteiger partial charge in [-0.3, -0.25) is 19.3 Å². The molecule has 0 spiro atoms. The van der Waals surface area contributed by atoms with E-state index in [2.05, 4.69) is 15.2 Å². The molecule has 2 aromatic rings. The topological polar surface area (TPSA) is 92.8 Å². The van der Waals surface area contributed by atoms with Crippen LogP contribution in [0.2, 0.25) is 0 Å².